The van der Waals surface area contributed by atoms with Crippen molar-refractivity contribution < 1.29 is 9.66 Å². The van der Waals surface area contributed by atoms with Gasteiger partial charge in [0.2, 0.25) is 0 Å². The molecule has 0 amide bonds. The Morgan fingerprint density at radius 2 is 2.25 bits per heavy atom. The number of hydrogen-bond donors (Lipinski definition) is 1. The number of anilines is 1. The van der Waals surface area contributed by atoms with E-state index < -0.39 is 0 Å². The van der Waals surface area contributed by atoms with Crippen LogP contribution < -0.4 is 15.4 Å². The molecule has 1 aliphatic rings. The zero-order valence-corrected chi connectivity index (χ0v) is 11.9. The Labute approximate surface area is 118 Å². The molecule has 6 nitrogen and oxygen atoms in total. The minimum absolute atomic E-state index is 0.0376. The zero-order valence-electron chi connectivity index (χ0n) is 11.9. The Bertz CT molecular complexity index is 483. The SMILES string of the molecule is CCOc1cccc(N2CC(C)CC(N)C2)c1[N+](=O)[O-]. The smallest absolute Gasteiger partial charge is 0.333 e. The summed E-state index contributed by atoms with van der Waals surface area (Å²) >= 11 is 0. The van der Waals surface area contributed by atoms with Crippen molar-refractivity contribution in [2.75, 3.05) is 24.6 Å². The van der Waals surface area contributed by atoms with Crippen molar-refractivity contribution in [2.45, 2.75) is 26.3 Å². The maximum Gasteiger partial charge on any atom is 0.333 e. The Balaban J connectivity index is 2.39. The molecule has 20 heavy (non-hydrogen) atoms. The Kier molecular flexibility index (Phi) is 4.44. The molecule has 0 aliphatic carbocycles. The average molecular weight is 279 g/mol. The predicted octanol–water partition coefficient (Wildman–Crippen LogP) is 2.17. The van der Waals surface area contributed by atoms with Crippen molar-refractivity contribution in [3.8, 4) is 5.75 Å². The van der Waals surface area contributed by atoms with Gasteiger partial charge < -0.3 is 15.4 Å². The second kappa shape index (κ2) is 6.09. The van der Waals surface area contributed by atoms with Crippen molar-refractivity contribution in [2.24, 2.45) is 11.7 Å². The van der Waals surface area contributed by atoms with E-state index in [-0.39, 0.29) is 16.7 Å². The van der Waals surface area contributed by atoms with Gasteiger partial charge in [-0.25, -0.2) is 0 Å². The molecule has 1 aliphatic heterocycles. The van der Waals surface area contributed by atoms with Gasteiger partial charge in [0.15, 0.2) is 5.75 Å². The second-order valence-corrected chi connectivity index (χ2v) is 5.32. The summed E-state index contributed by atoms with van der Waals surface area (Å²) in [5.41, 5.74) is 6.67. The molecule has 6 heteroatoms. The number of para-hydroxylation sites is 1. The van der Waals surface area contributed by atoms with Gasteiger partial charge in [-0.1, -0.05) is 13.0 Å². The number of nitrogens with zero attached hydrogens (tertiary/aromatic N) is 2. The Morgan fingerprint density at radius 3 is 2.85 bits per heavy atom. The predicted molar refractivity (Wildman–Crippen MR) is 78.2 cm³/mol. The van der Waals surface area contributed by atoms with Crippen molar-refractivity contribution in [3.05, 3.63) is 28.3 Å². The lowest BCUT2D eigenvalue weighted by atomic mass is 9.96. The van der Waals surface area contributed by atoms with E-state index in [1.165, 1.54) is 0 Å². The molecule has 0 radical (unpaired) electrons. The summed E-state index contributed by atoms with van der Waals surface area (Å²) in [7, 11) is 0. The summed E-state index contributed by atoms with van der Waals surface area (Å²) in [6.45, 7) is 5.75. The van der Waals surface area contributed by atoms with Gasteiger partial charge >= 0.3 is 5.69 Å². The summed E-state index contributed by atoms with van der Waals surface area (Å²) in [6.07, 6.45) is 0.954. The van der Waals surface area contributed by atoms with E-state index >= 15 is 0 Å². The van der Waals surface area contributed by atoms with Gasteiger partial charge in [-0.05, 0) is 31.4 Å². The van der Waals surface area contributed by atoms with Crippen molar-refractivity contribution >= 4 is 11.4 Å². The number of rotatable bonds is 4. The van der Waals surface area contributed by atoms with E-state index in [9.17, 15) is 10.1 Å². The highest BCUT2D eigenvalue weighted by molar-refractivity contribution is 5.70. The zero-order chi connectivity index (χ0) is 14.7. The molecule has 1 aromatic carbocycles. The molecule has 2 N–H and O–H groups in total. The molecule has 110 valence electrons. The molecule has 1 aromatic rings. The summed E-state index contributed by atoms with van der Waals surface area (Å²) in [5.74, 6) is 0.746. The monoisotopic (exact) mass is 279 g/mol. The third-order valence-electron chi connectivity index (χ3n) is 3.49. The highest BCUT2D eigenvalue weighted by Gasteiger charge is 2.29. The van der Waals surface area contributed by atoms with E-state index in [2.05, 4.69) is 6.92 Å². The molecule has 0 saturated carbocycles. The van der Waals surface area contributed by atoms with Crippen molar-refractivity contribution in [1.29, 1.82) is 0 Å². The molecule has 0 bridgehead atoms. The highest BCUT2D eigenvalue weighted by Crippen LogP contribution is 2.38. The summed E-state index contributed by atoms with van der Waals surface area (Å²) in [6, 6.07) is 5.25. The molecule has 1 saturated heterocycles. The molecule has 2 atom stereocenters. The molecule has 0 spiro atoms. The number of benzene rings is 1. The first-order valence-electron chi connectivity index (χ1n) is 6.93. The van der Waals surface area contributed by atoms with Gasteiger partial charge in [0.05, 0.1) is 11.5 Å². The lowest BCUT2D eigenvalue weighted by Gasteiger charge is -2.36. The average Bonchev–Trinajstić information content (AvgIpc) is 2.37. The third-order valence-corrected chi connectivity index (χ3v) is 3.49. The lowest BCUT2D eigenvalue weighted by molar-refractivity contribution is -0.385. The van der Waals surface area contributed by atoms with Crippen LogP contribution in [0.4, 0.5) is 11.4 Å². The number of nitro benzene ring substituents is 1. The third kappa shape index (κ3) is 3.01. The fourth-order valence-corrected chi connectivity index (χ4v) is 2.82. The first kappa shape index (κ1) is 14.6. The van der Waals surface area contributed by atoms with Gasteiger partial charge in [0.1, 0.15) is 5.69 Å². The van der Waals surface area contributed by atoms with Crippen LogP contribution in [-0.2, 0) is 0 Å². The minimum Gasteiger partial charge on any atom is -0.487 e. The standard InChI is InChI=1S/C14H21N3O3/c1-3-20-13-6-4-5-12(14(13)17(18)19)16-8-10(2)7-11(15)9-16/h4-6,10-11H,3,7-9,15H2,1-2H3. The van der Waals surface area contributed by atoms with E-state index in [0.717, 1.165) is 13.0 Å². The number of ether oxygens (including phenoxy) is 1. The van der Waals surface area contributed by atoms with E-state index in [1.807, 2.05) is 11.8 Å². The summed E-state index contributed by atoms with van der Waals surface area (Å²) < 4.78 is 5.38. The molecule has 1 fully saturated rings. The number of nitrogens with two attached hydrogens (primary N) is 1. The van der Waals surface area contributed by atoms with Crippen LogP contribution in [-0.4, -0.2) is 30.7 Å². The van der Waals surface area contributed by atoms with Crippen LogP contribution in [0.15, 0.2) is 18.2 Å². The van der Waals surface area contributed by atoms with E-state index in [1.54, 1.807) is 18.2 Å². The van der Waals surface area contributed by atoms with Crippen LogP contribution in [0.5, 0.6) is 5.75 Å². The molecular weight excluding hydrogens is 258 g/mol. The van der Waals surface area contributed by atoms with Gasteiger partial charge in [0.25, 0.3) is 0 Å². The molecule has 2 unspecified atom stereocenters. The van der Waals surface area contributed by atoms with Crippen LogP contribution in [0.25, 0.3) is 0 Å². The number of piperidine rings is 1. The van der Waals surface area contributed by atoms with Gasteiger partial charge in [-0.2, -0.15) is 0 Å². The van der Waals surface area contributed by atoms with Crippen LogP contribution in [0, 0.1) is 16.0 Å². The van der Waals surface area contributed by atoms with Crippen molar-refractivity contribution in [1.82, 2.24) is 0 Å². The highest BCUT2D eigenvalue weighted by atomic mass is 16.6. The summed E-state index contributed by atoms with van der Waals surface area (Å²) in [5, 5.41) is 11.4. The molecular formula is C14H21N3O3. The first-order chi connectivity index (χ1) is 9.52. The van der Waals surface area contributed by atoms with Gasteiger partial charge in [-0.15, -0.1) is 0 Å². The fraction of sp³-hybridized carbons (Fsp3) is 0.571. The maximum atomic E-state index is 11.4. The second-order valence-electron chi connectivity index (χ2n) is 5.32. The Morgan fingerprint density at radius 1 is 1.50 bits per heavy atom. The quantitative estimate of drug-likeness (QED) is 0.674. The topological polar surface area (TPSA) is 81.6 Å². The van der Waals surface area contributed by atoms with Gasteiger partial charge in [0, 0.05) is 19.1 Å². The lowest BCUT2D eigenvalue weighted by Crippen LogP contribution is -2.46. The maximum absolute atomic E-state index is 11.4. The number of nitro groups is 1. The van der Waals surface area contributed by atoms with Crippen molar-refractivity contribution in [3.63, 3.8) is 0 Å². The largest absolute Gasteiger partial charge is 0.487 e. The van der Waals surface area contributed by atoms with Crippen LogP contribution in [0.3, 0.4) is 0 Å². The van der Waals surface area contributed by atoms with Crippen LogP contribution in [0.1, 0.15) is 20.3 Å². The van der Waals surface area contributed by atoms with Gasteiger partial charge in [-0.3, -0.25) is 10.1 Å². The molecule has 0 aromatic heterocycles. The molecule has 2 rings (SSSR count). The minimum atomic E-state index is -0.370. The summed E-state index contributed by atoms with van der Waals surface area (Å²) in [4.78, 5) is 13.0. The molecule has 1 heterocycles. The normalized spacial score (nSPS) is 22.6. The van der Waals surface area contributed by atoms with Crippen LogP contribution >= 0.6 is 0 Å². The van der Waals surface area contributed by atoms with E-state index in [0.29, 0.717) is 30.5 Å². The number of hydrogen-bond acceptors (Lipinski definition) is 5. The first-order valence-corrected chi connectivity index (χ1v) is 6.93. The van der Waals surface area contributed by atoms with E-state index in [4.69, 9.17) is 10.5 Å². The fourth-order valence-electron chi connectivity index (χ4n) is 2.82. The Hall–Kier alpha value is -1.82. The van der Waals surface area contributed by atoms with Crippen LogP contribution in [0.2, 0.25) is 0 Å².